The van der Waals surface area contributed by atoms with Crippen LogP contribution in [-0.4, -0.2) is 53.1 Å². The molecule has 2 heterocycles. The minimum atomic E-state index is -0.908. The van der Waals surface area contributed by atoms with Crippen LogP contribution in [0.4, 0.5) is 4.39 Å². The molecule has 4 rings (SSSR count). The van der Waals surface area contributed by atoms with Crippen molar-refractivity contribution in [1.82, 2.24) is 4.90 Å². The number of allylic oxidation sites excluding steroid dienone is 1. The summed E-state index contributed by atoms with van der Waals surface area (Å²) >= 11 is 6.20. The van der Waals surface area contributed by atoms with Gasteiger partial charge < -0.3 is 19.5 Å². The van der Waals surface area contributed by atoms with Gasteiger partial charge >= 0.3 is 11.9 Å². The highest BCUT2D eigenvalue weighted by Gasteiger charge is 2.35. The maximum absolute atomic E-state index is 13.5. The zero-order valence-corrected chi connectivity index (χ0v) is 18.6. The number of fused-ring (bicyclic) bond motifs is 1. The lowest BCUT2D eigenvalue weighted by Crippen LogP contribution is -2.46. The summed E-state index contributed by atoms with van der Waals surface area (Å²) < 4.78 is 24.7. The molecule has 2 unspecified atom stereocenters. The normalized spacial score (nSPS) is 25.4. The molecule has 1 aliphatic carbocycles. The molecule has 0 aromatic heterocycles. The number of rotatable bonds is 5. The topological polar surface area (TPSA) is 93.1 Å². The van der Waals surface area contributed by atoms with Crippen LogP contribution in [0.15, 0.2) is 48.3 Å². The molecule has 9 heteroatoms. The fraction of sp³-hybridized carbons (Fsp3) is 0.375. The minimum Gasteiger partial charge on any atom is -0.481 e. The van der Waals surface area contributed by atoms with E-state index in [9.17, 15) is 23.9 Å². The number of benzene rings is 1. The number of likely N-dealkylation sites (tertiary alicyclic amines) is 1. The first-order chi connectivity index (χ1) is 15.7. The molecule has 1 fully saturated rings. The van der Waals surface area contributed by atoms with Gasteiger partial charge in [0.1, 0.15) is 17.7 Å². The SMILES string of the molecule is C[C@@H](OC1=CC2OC(=O)C=C(c3ccc(F)cc3Cl)C2C=C1)C(=O)N1CCC[C@H](C(=O)O)C1. The van der Waals surface area contributed by atoms with E-state index in [2.05, 4.69) is 0 Å². The van der Waals surface area contributed by atoms with E-state index < -0.39 is 35.9 Å². The quantitative estimate of drug-likeness (QED) is 0.654. The monoisotopic (exact) mass is 475 g/mol. The third-order valence-electron chi connectivity index (χ3n) is 6.02. The van der Waals surface area contributed by atoms with Crippen molar-refractivity contribution in [3.05, 3.63) is 64.7 Å². The second-order valence-corrected chi connectivity index (χ2v) is 8.71. The Balaban J connectivity index is 1.46. The highest BCUT2D eigenvalue weighted by atomic mass is 35.5. The summed E-state index contributed by atoms with van der Waals surface area (Å²) in [6, 6.07) is 3.98. The summed E-state index contributed by atoms with van der Waals surface area (Å²) in [5, 5.41) is 9.43. The molecule has 3 aliphatic rings. The van der Waals surface area contributed by atoms with Crippen molar-refractivity contribution >= 4 is 35.0 Å². The number of ether oxygens (including phenoxy) is 2. The van der Waals surface area contributed by atoms with E-state index in [1.165, 1.54) is 29.2 Å². The average Bonchev–Trinajstić information content (AvgIpc) is 2.78. The third kappa shape index (κ3) is 4.95. The van der Waals surface area contributed by atoms with E-state index in [1.807, 2.05) is 0 Å². The highest BCUT2D eigenvalue weighted by molar-refractivity contribution is 6.32. The van der Waals surface area contributed by atoms with E-state index in [0.29, 0.717) is 36.3 Å². The Kier molecular flexibility index (Phi) is 6.56. The molecule has 2 aliphatic heterocycles. The predicted molar refractivity (Wildman–Crippen MR) is 117 cm³/mol. The Bertz CT molecular complexity index is 1080. The van der Waals surface area contributed by atoms with E-state index in [4.69, 9.17) is 21.1 Å². The van der Waals surface area contributed by atoms with E-state index in [-0.39, 0.29) is 23.4 Å². The molecular formula is C24H23ClFNO6. The van der Waals surface area contributed by atoms with E-state index in [0.717, 1.165) is 0 Å². The lowest BCUT2D eigenvalue weighted by molar-refractivity contribution is -0.149. The van der Waals surface area contributed by atoms with Crippen LogP contribution in [0.25, 0.3) is 5.57 Å². The third-order valence-corrected chi connectivity index (χ3v) is 6.33. The number of carbonyl (C=O) groups excluding carboxylic acids is 2. The van der Waals surface area contributed by atoms with Crippen molar-refractivity contribution in [2.45, 2.75) is 32.0 Å². The van der Waals surface area contributed by atoms with Gasteiger partial charge in [-0.3, -0.25) is 9.59 Å². The lowest BCUT2D eigenvalue weighted by atomic mass is 9.83. The number of piperidine rings is 1. The number of carboxylic acid groups (broad SMARTS) is 1. The molecule has 1 amide bonds. The Morgan fingerprint density at radius 3 is 2.88 bits per heavy atom. The van der Waals surface area contributed by atoms with Crippen LogP contribution in [0, 0.1) is 17.7 Å². The molecule has 1 aromatic carbocycles. The number of esters is 1. The summed E-state index contributed by atoms with van der Waals surface area (Å²) in [6.45, 7) is 2.25. The minimum absolute atomic E-state index is 0.158. The molecule has 7 nitrogen and oxygen atoms in total. The first-order valence-corrected chi connectivity index (χ1v) is 11.1. The van der Waals surface area contributed by atoms with Gasteiger partial charge in [0, 0.05) is 25.1 Å². The van der Waals surface area contributed by atoms with E-state index in [1.54, 1.807) is 25.2 Å². The van der Waals surface area contributed by atoms with Crippen LogP contribution >= 0.6 is 11.6 Å². The average molecular weight is 476 g/mol. The fourth-order valence-corrected chi connectivity index (χ4v) is 4.63. The van der Waals surface area contributed by atoms with Gasteiger partial charge in [-0.2, -0.15) is 0 Å². The van der Waals surface area contributed by atoms with Gasteiger partial charge in [-0.15, -0.1) is 0 Å². The molecule has 1 aromatic rings. The van der Waals surface area contributed by atoms with Crippen LogP contribution in [0.3, 0.4) is 0 Å². The summed E-state index contributed by atoms with van der Waals surface area (Å²) in [5.74, 6) is -2.79. The zero-order chi connectivity index (χ0) is 23.7. The van der Waals surface area contributed by atoms with Crippen molar-refractivity contribution in [1.29, 1.82) is 0 Å². The summed E-state index contributed by atoms with van der Waals surface area (Å²) in [5.41, 5.74) is 1.14. The highest BCUT2D eigenvalue weighted by Crippen LogP contribution is 2.39. The standard InChI is InChI=1S/C24H23ClFNO6/c1-13(23(29)27-8-2-3-14(12-27)24(30)31)32-16-5-7-18-19(11-22(28)33-21(18)10-16)17-6-4-15(26)9-20(17)25/h4-7,9-11,13-14,18,21H,2-3,8,12H2,1H3,(H,30,31)/t13-,14+,18?,21?/m1/s1. The number of hydrogen-bond acceptors (Lipinski definition) is 5. The number of carbonyl (C=O) groups is 3. The number of nitrogens with zero attached hydrogens (tertiary/aromatic N) is 1. The van der Waals surface area contributed by atoms with Crippen molar-refractivity contribution in [3.8, 4) is 0 Å². The van der Waals surface area contributed by atoms with E-state index >= 15 is 0 Å². The molecule has 1 saturated heterocycles. The zero-order valence-electron chi connectivity index (χ0n) is 17.9. The van der Waals surface area contributed by atoms with Crippen LogP contribution in [0.5, 0.6) is 0 Å². The number of hydrogen-bond donors (Lipinski definition) is 1. The Hall–Kier alpha value is -3.13. The van der Waals surface area contributed by atoms with Gasteiger partial charge in [0.05, 0.1) is 10.9 Å². The first-order valence-electron chi connectivity index (χ1n) is 10.7. The molecule has 0 bridgehead atoms. The van der Waals surface area contributed by atoms with Gasteiger partial charge in [0.2, 0.25) is 0 Å². The second kappa shape index (κ2) is 9.39. The summed E-state index contributed by atoms with van der Waals surface area (Å²) in [7, 11) is 0. The first kappa shape index (κ1) is 23.0. The maximum atomic E-state index is 13.5. The molecule has 0 radical (unpaired) electrons. The van der Waals surface area contributed by atoms with Crippen LogP contribution < -0.4 is 0 Å². The maximum Gasteiger partial charge on any atom is 0.331 e. The van der Waals surface area contributed by atoms with Gasteiger partial charge in [-0.1, -0.05) is 23.7 Å². The number of carboxylic acids is 1. The molecule has 0 spiro atoms. The molecule has 33 heavy (non-hydrogen) atoms. The molecule has 1 N–H and O–H groups in total. The Labute approximate surface area is 195 Å². The van der Waals surface area contributed by atoms with Gasteiger partial charge in [-0.25, -0.2) is 9.18 Å². The Morgan fingerprint density at radius 2 is 2.15 bits per heavy atom. The van der Waals surface area contributed by atoms with Crippen LogP contribution in [0.2, 0.25) is 5.02 Å². The molecule has 4 atom stereocenters. The summed E-state index contributed by atoms with van der Waals surface area (Å²) in [4.78, 5) is 37.8. The molecule has 0 saturated carbocycles. The van der Waals surface area contributed by atoms with Crippen LogP contribution in [0.1, 0.15) is 25.3 Å². The smallest absolute Gasteiger partial charge is 0.331 e. The molecular weight excluding hydrogens is 453 g/mol. The van der Waals surface area contributed by atoms with Crippen LogP contribution in [-0.2, 0) is 23.9 Å². The molecule has 174 valence electrons. The van der Waals surface area contributed by atoms with Gasteiger partial charge in [0.15, 0.2) is 6.10 Å². The van der Waals surface area contributed by atoms with Crippen molar-refractivity contribution in [2.24, 2.45) is 11.8 Å². The van der Waals surface area contributed by atoms with Crippen molar-refractivity contribution in [2.75, 3.05) is 13.1 Å². The lowest BCUT2D eigenvalue weighted by Gasteiger charge is -2.34. The number of halogens is 2. The second-order valence-electron chi connectivity index (χ2n) is 8.30. The predicted octanol–water partition coefficient (Wildman–Crippen LogP) is 3.59. The Morgan fingerprint density at radius 1 is 1.36 bits per heavy atom. The number of aliphatic carboxylic acids is 1. The van der Waals surface area contributed by atoms with Crippen molar-refractivity contribution in [3.63, 3.8) is 0 Å². The number of amides is 1. The fourth-order valence-electron chi connectivity index (χ4n) is 4.36. The summed E-state index contributed by atoms with van der Waals surface area (Å²) in [6.07, 6.45) is 6.09. The van der Waals surface area contributed by atoms with Crippen molar-refractivity contribution < 1.29 is 33.4 Å². The van der Waals surface area contributed by atoms with Gasteiger partial charge in [-0.05, 0) is 55.2 Å². The largest absolute Gasteiger partial charge is 0.481 e. The van der Waals surface area contributed by atoms with Gasteiger partial charge in [0.25, 0.3) is 5.91 Å².